The van der Waals surface area contributed by atoms with Gasteiger partial charge in [-0.1, -0.05) is 18.2 Å². The van der Waals surface area contributed by atoms with Crippen LogP contribution in [0.3, 0.4) is 0 Å². The van der Waals surface area contributed by atoms with E-state index in [2.05, 4.69) is 6.58 Å². The summed E-state index contributed by atoms with van der Waals surface area (Å²) >= 11 is 0. The fourth-order valence-electron chi connectivity index (χ4n) is 2.98. The Labute approximate surface area is 145 Å². The number of rotatable bonds is 6. The molecule has 0 aromatic heterocycles. The van der Waals surface area contributed by atoms with Crippen LogP contribution in [0.5, 0.6) is 0 Å². The monoisotopic (exact) mass is 343 g/mol. The first-order valence-corrected chi connectivity index (χ1v) is 7.75. The first-order chi connectivity index (χ1) is 11.8. The van der Waals surface area contributed by atoms with Gasteiger partial charge in [0.05, 0.1) is 11.1 Å². The van der Waals surface area contributed by atoms with Crippen LogP contribution in [0.15, 0.2) is 18.2 Å². The van der Waals surface area contributed by atoms with Crippen LogP contribution >= 0.6 is 0 Å². The van der Waals surface area contributed by atoms with Crippen molar-refractivity contribution in [1.82, 2.24) is 0 Å². The maximum atomic E-state index is 14.1. The highest BCUT2D eigenvalue weighted by Gasteiger charge is 2.32. The van der Waals surface area contributed by atoms with E-state index in [9.17, 15) is 19.2 Å². The number of aliphatic carboxylic acids is 1. The molecule has 1 N–H and O–H groups in total. The van der Waals surface area contributed by atoms with E-state index in [1.807, 2.05) is 6.07 Å². The van der Waals surface area contributed by atoms with Crippen LogP contribution in [0.4, 0.5) is 4.39 Å². The maximum Gasteiger partial charge on any atom is 0.340 e. The van der Waals surface area contributed by atoms with Crippen molar-refractivity contribution < 1.29 is 23.8 Å². The second kappa shape index (κ2) is 7.31. The van der Waals surface area contributed by atoms with E-state index in [1.54, 1.807) is 19.9 Å². The van der Waals surface area contributed by atoms with Gasteiger partial charge in [0.15, 0.2) is 0 Å². The molecule has 1 aliphatic rings. The predicted molar refractivity (Wildman–Crippen MR) is 89.5 cm³/mol. The molecule has 0 amide bonds. The van der Waals surface area contributed by atoms with Gasteiger partial charge in [0.2, 0.25) is 0 Å². The molecule has 0 unspecified atom stereocenters. The number of halogens is 1. The van der Waals surface area contributed by atoms with Gasteiger partial charge >= 0.3 is 11.9 Å². The van der Waals surface area contributed by atoms with Gasteiger partial charge in [-0.25, -0.2) is 9.18 Å². The second-order valence-corrected chi connectivity index (χ2v) is 5.95. The van der Waals surface area contributed by atoms with E-state index in [0.717, 1.165) is 5.57 Å². The minimum atomic E-state index is -0.903. The molecule has 0 saturated heterocycles. The lowest BCUT2D eigenvalue weighted by Gasteiger charge is -2.15. The number of cyclic esters (lactones) is 1. The van der Waals surface area contributed by atoms with Gasteiger partial charge < -0.3 is 9.84 Å². The van der Waals surface area contributed by atoms with Gasteiger partial charge in [-0.15, -0.1) is 0 Å². The van der Waals surface area contributed by atoms with E-state index >= 15 is 0 Å². The average molecular weight is 343 g/mol. The molecular weight excluding hydrogens is 325 g/mol. The first-order valence-electron chi connectivity index (χ1n) is 7.75. The Balaban J connectivity index is 2.55. The van der Waals surface area contributed by atoms with Crippen molar-refractivity contribution in [2.75, 3.05) is 0 Å². The molecule has 0 saturated carbocycles. The third kappa shape index (κ3) is 3.61. The number of ether oxygens (including phenoxy) is 1. The lowest BCUT2D eigenvalue weighted by molar-refractivity contribution is -0.136. The summed E-state index contributed by atoms with van der Waals surface area (Å²) in [5.74, 6) is -2.17. The number of nitrogens with zero attached hydrogens (tertiary/aromatic N) is 1. The molecule has 0 spiro atoms. The number of allylic oxidation sites excluding steroid dienone is 2. The van der Waals surface area contributed by atoms with Gasteiger partial charge in [-0.3, -0.25) is 4.79 Å². The molecule has 5 nitrogen and oxygen atoms in total. The number of hydrogen-bond acceptors (Lipinski definition) is 4. The maximum absolute atomic E-state index is 14.1. The Morgan fingerprint density at radius 2 is 2.16 bits per heavy atom. The van der Waals surface area contributed by atoms with Gasteiger partial charge in [0, 0.05) is 17.5 Å². The first kappa shape index (κ1) is 18.4. The standard InChI is InChI=1S/C19H18FNO4/c1-10(5-7-16(22)23)4-6-13-14(8-21)18-15(9-25-19(18)24)11(2)17(13)12(3)20/h4H,3,5-7,9H2,1-2H3,(H,22,23)/b10-4+. The van der Waals surface area contributed by atoms with E-state index in [4.69, 9.17) is 9.84 Å². The number of nitriles is 1. The van der Waals surface area contributed by atoms with Crippen LogP contribution in [-0.2, 0) is 22.6 Å². The Bertz CT molecular complexity index is 846. The molecule has 6 heteroatoms. The number of carboxylic acids is 1. The van der Waals surface area contributed by atoms with Crippen molar-refractivity contribution in [3.8, 4) is 6.07 Å². The molecule has 1 aromatic rings. The van der Waals surface area contributed by atoms with Crippen molar-refractivity contribution in [3.05, 3.63) is 51.6 Å². The summed E-state index contributed by atoms with van der Waals surface area (Å²) < 4.78 is 19.1. The number of hydrogen-bond donors (Lipinski definition) is 1. The van der Waals surface area contributed by atoms with E-state index in [0.29, 0.717) is 23.1 Å². The number of carbonyl (C=O) groups excluding carboxylic acids is 1. The Hall–Kier alpha value is -2.94. The number of esters is 1. The average Bonchev–Trinajstić information content (AvgIpc) is 2.93. The zero-order chi connectivity index (χ0) is 18.7. The minimum Gasteiger partial charge on any atom is -0.481 e. The normalized spacial score (nSPS) is 13.2. The SMILES string of the molecule is C=C(F)c1c(C)c2c(c(C#N)c1C/C=C(\C)CCC(=O)O)C(=O)OC2. The highest BCUT2D eigenvalue weighted by Crippen LogP contribution is 2.36. The van der Waals surface area contributed by atoms with Crippen molar-refractivity contribution in [2.45, 2.75) is 39.7 Å². The van der Waals surface area contributed by atoms with Crippen LogP contribution < -0.4 is 0 Å². The zero-order valence-electron chi connectivity index (χ0n) is 14.1. The molecular formula is C19H18FNO4. The molecule has 0 radical (unpaired) electrons. The van der Waals surface area contributed by atoms with Gasteiger partial charge in [0.1, 0.15) is 18.5 Å². The summed E-state index contributed by atoms with van der Waals surface area (Å²) in [6, 6.07) is 1.99. The number of benzene rings is 1. The number of fused-ring (bicyclic) bond motifs is 1. The fraction of sp³-hybridized carbons (Fsp3) is 0.316. The molecule has 25 heavy (non-hydrogen) atoms. The van der Waals surface area contributed by atoms with E-state index in [1.165, 1.54) is 0 Å². The lowest BCUT2D eigenvalue weighted by atomic mass is 9.86. The molecule has 0 bridgehead atoms. The van der Waals surface area contributed by atoms with E-state index < -0.39 is 17.8 Å². The molecule has 1 aliphatic heterocycles. The summed E-state index contributed by atoms with van der Waals surface area (Å²) in [6.45, 7) is 6.81. The lowest BCUT2D eigenvalue weighted by Crippen LogP contribution is -2.08. The van der Waals surface area contributed by atoms with Crippen molar-refractivity contribution in [2.24, 2.45) is 0 Å². The molecule has 1 heterocycles. The number of carboxylic acid groups (broad SMARTS) is 1. The molecule has 0 atom stereocenters. The second-order valence-electron chi connectivity index (χ2n) is 5.95. The third-order valence-corrected chi connectivity index (χ3v) is 4.31. The summed E-state index contributed by atoms with van der Waals surface area (Å²) in [6.07, 6.45) is 2.30. The smallest absolute Gasteiger partial charge is 0.340 e. The van der Waals surface area contributed by atoms with Crippen LogP contribution in [0.25, 0.3) is 5.83 Å². The molecule has 2 rings (SSSR count). The molecule has 1 aromatic carbocycles. The minimum absolute atomic E-state index is 0.00828. The Morgan fingerprint density at radius 3 is 2.72 bits per heavy atom. The Morgan fingerprint density at radius 1 is 1.48 bits per heavy atom. The summed E-state index contributed by atoms with van der Waals surface area (Å²) in [5.41, 5.74) is 2.75. The van der Waals surface area contributed by atoms with Crippen molar-refractivity contribution in [3.63, 3.8) is 0 Å². The highest BCUT2D eigenvalue weighted by molar-refractivity contribution is 5.98. The van der Waals surface area contributed by atoms with Gasteiger partial charge in [0.25, 0.3) is 0 Å². The van der Waals surface area contributed by atoms with Gasteiger partial charge in [-0.2, -0.15) is 5.26 Å². The Kier molecular flexibility index (Phi) is 5.38. The quantitative estimate of drug-likeness (QED) is 0.626. The molecule has 130 valence electrons. The van der Waals surface area contributed by atoms with Crippen LogP contribution in [-0.4, -0.2) is 17.0 Å². The van der Waals surface area contributed by atoms with Crippen molar-refractivity contribution >= 4 is 17.8 Å². The van der Waals surface area contributed by atoms with Crippen LogP contribution in [0.1, 0.15) is 57.9 Å². The molecule has 0 fully saturated rings. The third-order valence-electron chi connectivity index (χ3n) is 4.31. The number of carbonyl (C=O) groups is 2. The fourth-order valence-corrected chi connectivity index (χ4v) is 2.98. The van der Waals surface area contributed by atoms with E-state index in [-0.39, 0.29) is 36.1 Å². The van der Waals surface area contributed by atoms with Crippen LogP contribution in [0, 0.1) is 18.3 Å². The summed E-state index contributed by atoms with van der Waals surface area (Å²) in [7, 11) is 0. The topological polar surface area (TPSA) is 87.4 Å². The molecule has 0 aliphatic carbocycles. The summed E-state index contributed by atoms with van der Waals surface area (Å²) in [5, 5.41) is 18.3. The highest BCUT2D eigenvalue weighted by atomic mass is 19.1. The largest absolute Gasteiger partial charge is 0.481 e. The summed E-state index contributed by atoms with van der Waals surface area (Å²) in [4.78, 5) is 22.6. The van der Waals surface area contributed by atoms with Crippen LogP contribution in [0.2, 0.25) is 0 Å². The van der Waals surface area contributed by atoms with Crippen molar-refractivity contribution in [1.29, 1.82) is 5.26 Å². The zero-order valence-corrected chi connectivity index (χ0v) is 14.1. The van der Waals surface area contributed by atoms with Gasteiger partial charge in [-0.05, 0) is 37.8 Å². The predicted octanol–water partition coefficient (Wildman–Crippen LogP) is 3.83.